The second kappa shape index (κ2) is 5.08. The Morgan fingerprint density at radius 2 is 1.57 bits per heavy atom. The molecule has 2 saturated heterocycles. The number of nitrogens with zero attached hydrogens (tertiary/aromatic N) is 2. The lowest BCUT2D eigenvalue weighted by atomic mass is 9.95. The first-order chi connectivity index (χ1) is 11.1. The number of imide groups is 1. The van der Waals surface area contributed by atoms with Crippen LogP contribution in [0.3, 0.4) is 0 Å². The van der Waals surface area contributed by atoms with Crippen LogP contribution in [-0.2, 0) is 9.53 Å². The summed E-state index contributed by atoms with van der Waals surface area (Å²) in [6.07, 6.45) is 0. The molecular formula is C17H13ClN2O3. The molecule has 0 saturated carbocycles. The van der Waals surface area contributed by atoms with E-state index in [2.05, 4.69) is 0 Å². The highest BCUT2D eigenvalue weighted by molar-refractivity contribution is 6.32. The average molecular weight is 329 g/mol. The van der Waals surface area contributed by atoms with Gasteiger partial charge in [-0.15, -0.1) is 0 Å². The van der Waals surface area contributed by atoms with E-state index in [1.165, 1.54) is 9.80 Å². The second-order valence-electron chi connectivity index (χ2n) is 5.59. The predicted molar refractivity (Wildman–Crippen MR) is 86.8 cm³/mol. The molecular weight excluding hydrogens is 316 g/mol. The maximum Gasteiger partial charge on any atom is 0.337 e. The molecule has 2 fully saturated rings. The van der Waals surface area contributed by atoms with Gasteiger partial charge in [0, 0.05) is 10.7 Å². The van der Waals surface area contributed by atoms with Gasteiger partial charge >= 0.3 is 6.03 Å². The van der Waals surface area contributed by atoms with E-state index in [0.29, 0.717) is 16.4 Å². The van der Waals surface area contributed by atoms with Crippen molar-refractivity contribution in [1.29, 1.82) is 0 Å². The molecule has 0 aliphatic carbocycles. The number of urea groups is 1. The third-order valence-electron chi connectivity index (χ3n) is 4.19. The molecule has 116 valence electrons. The van der Waals surface area contributed by atoms with Crippen LogP contribution < -0.4 is 9.80 Å². The largest absolute Gasteiger partial charge is 0.375 e. The van der Waals surface area contributed by atoms with E-state index < -0.39 is 5.54 Å². The van der Waals surface area contributed by atoms with Crippen LogP contribution >= 0.6 is 11.6 Å². The third kappa shape index (κ3) is 1.97. The Hall–Kier alpha value is -2.37. The van der Waals surface area contributed by atoms with Gasteiger partial charge in [0.15, 0.2) is 5.54 Å². The molecule has 1 spiro atoms. The number of rotatable bonds is 2. The zero-order valence-corrected chi connectivity index (χ0v) is 12.9. The Morgan fingerprint density at radius 1 is 0.913 bits per heavy atom. The summed E-state index contributed by atoms with van der Waals surface area (Å²) in [5.41, 5.74) is 0.237. The van der Waals surface area contributed by atoms with Crippen molar-refractivity contribution in [2.45, 2.75) is 5.54 Å². The molecule has 2 aromatic rings. The van der Waals surface area contributed by atoms with Gasteiger partial charge in [0.05, 0.1) is 18.9 Å². The lowest BCUT2D eigenvalue weighted by Crippen LogP contribution is -2.64. The normalized spacial score (nSPS) is 19.3. The number of para-hydroxylation sites is 1. The highest BCUT2D eigenvalue weighted by atomic mass is 35.5. The zero-order valence-electron chi connectivity index (χ0n) is 12.1. The summed E-state index contributed by atoms with van der Waals surface area (Å²) in [5.74, 6) is -0.255. The number of hydrogen-bond donors (Lipinski definition) is 0. The van der Waals surface area contributed by atoms with Crippen LogP contribution in [0, 0.1) is 0 Å². The van der Waals surface area contributed by atoms with Crippen LogP contribution in [0.4, 0.5) is 16.2 Å². The standard InChI is InChI=1S/C17H13ClN2O3/c18-12-6-8-14(9-7-12)20-16(22)19(13-4-2-1-3-5-13)15(21)17(20)10-23-11-17/h1-9H,10-11H2. The molecule has 23 heavy (non-hydrogen) atoms. The van der Waals surface area contributed by atoms with Crippen LogP contribution in [0.15, 0.2) is 54.6 Å². The first kappa shape index (κ1) is 14.2. The Labute approximate surface area is 138 Å². The van der Waals surface area contributed by atoms with Crippen molar-refractivity contribution < 1.29 is 14.3 Å². The minimum Gasteiger partial charge on any atom is -0.375 e. The molecule has 2 aliphatic rings. The summed E-state index contributed by atoms with van der Waals surface area (Å²) < 4.78 is 5.27. The number of carbonyl (C=O) groups excluding carboxylic acids is 2. The number of carbonyl (C=O) groups is 2. The fourth-order valence-electron chi connectivity index (χ4n) is 2.97. The summed E-state index contributed by atoms with van der Waals surface area (Å²) in [4.78, 5) is 28.6. The van der Waals surface area contributed by atoms with Crippen molar-refractivity contribution >= 4 is 34.9 Å². The van der Waals surface area contributed by atoms with Crippen molar-refractivity contribution in [3.8, 4) is 0 Å². The fourth-order valence-corrected chi connectivity index (χ4v) is 3.10. The minimum atomic E-state index is -0.958. The van der Waals surface area contributed by atoms with Crippen molar-refractivity contribution in [2.24, 2.45) is 0 Å². The first-order valence-corrected chi connectivity index (χ1v) is 7.58. The number of ether oxygens (including phenoxy) is 1. The molecule has 0 unspecified atom stereocenters. The summed E-state index contributed by atoms with van der Waals surface area (Å²) in [6.45, 7) is 0.396. The van der Waals surface area contributed by atoms with Gasteiger partial charge in [0.1, 0.15) is 0 Å². The topological polar surface area (TPSA) is 49.9 Å². The Kier molecular flexibility index (Phi) is 3.14. The maximum absolute atomic E-state index is 13.0. The number of amides is 3. The molecule has 0 bridgehead atoms. The van der Waals surface area contributed by atoms with E-state index in [1.807, 2.05) is 6.07 Å². The van der Waals surface area contributed by atoms with Crippen molar-refractivity contribution in [1.82, 2.24) is 0 Å². The predicted octanol–water partition coefficient (Wildman–Crippen LogP) is 3.08. The van der Waals surface area contributed by atoms with Gasteiger partial charge in [-0.05, 0) is 36.4 Å². The van der Waals surface area contributed by atoms with E-state index in [9.17, 15) is 9.59 Å². The lowest BCUT2D eigenvalue weighted by Gasteiger charge is -2.41. The Morgan fingerprint density at radius 3 is 2.13 bits per heavy atom. The van der Waals surface area contributed by atoms with Crippen LogP contribution in [0.2, 0.25) is 5.02 Å². The van der Waals surface area contributed by atoms with E-state index in [4.69, 9.17) is 16.3 Å². The fraction of sp³-hybridized carbons (Fsp3) is 0.176. The molecule has 0 N–H and O–H groups in total. The zero-order chi connectivity index (χ0) is 16.0. The van der Waals surface area contributed by atoms with Crippen molar-refractivity contribution in [3.05, 3.63) is 59.6 Å². The molecule has 4 rings (SSSR count). The molecule has 6 heteroatoms. The number of hydrogen-bond acceptors (Lipinski definition) is 3. The smallest absolute Gasteiger partial charge is 0.337 e. The average Bonchev–Trinajstić information content (AvgIpc) is 2.76. The first-order valence-electron chi connectivity index (χ1n) is 7.21. The van der Waals surface area contributed by atoms with Gasteiger partial charge in [0.2, 0.25) is 0 Å². The van der Waals surface area contributed by atoms with Gasteiger partial charge < -0.3 is 4.74 Å². The number of halogens is 1. The molecule has 2 aromatic carbocycles. The third-order valence-corrected chi connectivity index (χ3v) is 4.44. The van der Waals surface area contributed by atoms with Crippen LogP contribution in [0.1, 0.15) is 0 Å². The molecule has 0 aromatic heterocycles. The van der Waals surface area contributed by atoms with Gasteiger partial charge in [0.25, 0.3) is 5.91 Å². The summed E-state index contributed by atoms with van der Waals surface area (Å²) in [5, 5.41) is 0.575. The summed E-state index contributed by atoms with van der Waals surface area (Å²) >= 11 is 5.92. The van der Waals surface area contributed by atoms with E-state index >= 15 is 0 Å². The van der Waals surface area contributed by atoms with Gasteiger partial charge in [-0.2, -0.15) is 0 Å². The molecule has 0 atom stereocenters. The van der Waals surface area contributed by atoms with Crippen molar-refractivity contribution in [2.75, 3.05) is 23.0 Å². The van der Waals surface area contributed by atoms with Crippen LogP contribution in [0.5, 0.6) is 0 Å². The lowest BCUT2D eigenvalue weighted by molar-refractivity contribution is -0.136. The summed E-state index contributed by atoms with van der Waals surface area (Å²) in [7, 11) is 0. The van der Waals surface area contributed by atoms with Crippen LogP contribution in [-0.4, -0.2) is 30.7 Å². The van der Waals surface area contributed by atoms with Crippen LogP contribution in [0.25, 0.3) is 0 Å². The SMILES string of the molecule is O=C1N(c2ccccc2)C(=O)C2(COC2)N1c1ccc(Cl)cc1. The summed E-state index contributed by atoms with van der Waals surface area (Å²) in [6, 6.07) is 15.4. The minimum absolute atomic E-state index is 0.198. The van der Waals surface area contributed by atoms with Crippen molar-refractivity contribution in [3.63, 3.8) is 0 Å². The monoisotopic (exact) mass is 328 g/mol. The van der Waals surface area contributed by atoms with Gasteiger partial charge in [-0.25, -0.2) is 9.69 Å². The molecule has 3 amide bonds. The molecule has 5 nitrogen and oxygen atoms in total. The highest BCUT2D eigenvalue weighted by Crippen LogP contribution is 2.40. The van der Waals surface area contributed by atoms with E-state index in [1.54, 1.807) is 48.5 Å². The number of anilines is 2. The Balaban J connectivity index is 1.81. The van der Waals surface area contributed by atoms with E-state index in [0.717, 1.165) is 0 Å². The molecule has 2 aliphatic heterocycles. The maximum atomic E-state index is 13.0. The van der Waals surface area contributed by atoms with Gasteiger partial charge in [-0.1, -0.05) is 29.8 Å². The Bertz CT molecular complexity index is 772. The quantitative estimate of drug-likeness (QED) is 0.796. The van der Waals surface area contributed by atoms with Gasteiger partial charge in [-0.3, -0.25) is 9.69 Å². The molecule has 0 radical (unpaired) electrons. The number of benzene rings is 2. The highest BCUT2D eigenvalue weighted by Gasteiger charge is 2.62. The second-order valence-corrected chi connectivity index (χ2v) is 6.03. The molecule has 2 heterocycles. The van der Waals surface area contributed by atoms with E-state index in [-0.39, 0.29) is 25.2 Å².